The molecule has 0 heterocycles. The van der Waals surface area contributed by atoms with Gasteiger partial charge in [0.15, 0.2) is 0 Å². The van der Waals surface area contributed by atoms with Crippen molar-refractivity contribution in [2.24, 2.45) is 5.92 Å². The van der Waals surface area contributed by atoms with Crippen molar-refractivity contribution in [2.75, 3.05) is 6.54 Å². The zero-order valence-electron chi connectivity index (χ0n) is 10.6. The van der Waals surface area contributed by atoms with Crippen LogP contribution in [0.1, 0.15) is 37.0 Å². The van der Waals surface area contributed by atoms with E-state index in [4.69, 9.17) is 23.2 Å². The van der Waals surface area contributed by atoms with Gasteiger partial charge in [-0.1, -0.05) is 37.0 Å². The molecule has 1 aliphatic carbocycles. The maximum Gasteiger partial charge on any atom is 0.254 e. The Balaban J connectivity index is 2.19. The van der Waals surface area contributed by atoms with Crippen LogP contribution in [0.15, 0.2) is 18.2 Å². The second-order valence-corrected chi connectivity index (χ2v) is 6.03. The van der Waals surface area contributed by atoms with E-state index in [2.05, 4.69) is 13.8 Å². The molecule has 18 heavy (non-hydrogen) atoms. The fourth-order valence-electron chi connectivity index (χ4n) is 1.97. The minimum Gasteiger partial charge on any atom is -0.335 e. The van der Waals surface area contributed by atoms with E-state index in [1.165, 1.54) is 0 Å². The van der Waals surface area contributed by atoms with E-state index in [9.17, 15) is 4.79 Å². The van der Waals surface area contributed by atoms with Gasteiger partial charge in [-0.25, -0.2) is 0 Å². The summed E-state index contributed by atoms with van der Waals surface area (Å²) in [6.45, 7) is 5.04. The maximum absolute atomic E-state index is 12.4. The highest BCUT2D eigenvalue weighted by Crippen LogP contribution is 2.30. The fraction of sp³-hybridized carbons (Fsp3) is 0.500. The first-order chi connectivity index (χ1) is 8.49. The van der Waals surface area contributed by atoms with Crippen LogP contribution in [0.3, 0.4) is 0 Å². The molecule has 0 aromatic heterocycles. The Bertz CT molecular complexity index is 455. The van der Waals surface area contributed by atoms with Crippen LogP contribution in [0.2, 0.25) is 10.0 Å². The lowest BCUT2D eigenvalue weighted by Gasteiger charge is -2.24. The van der Waals surface area contributed by atoms with E-state index in [-0.39, 0.29) is 5.91 Å². The molecule has 4 heteroatoms. The topological polar surface area (TPSA) is 20.3 Å². The highest BCUT2D eigenvalue weighted by atomic mass is 35.5. The summed E-state index contributed by atoms with van der Waals surface area (Å²) in [7, 11) is 0. The van der Waals surface area contributed by atoms with Crippen LogP contribution in [-0.2, 0) is 0 Å². The van der Waals surface area contributed by atoms with Gasteiger partial charge in [0, 0.05) is 18.2 Å². The zero-order valence-corrected chi connectivity index (χ0v) is 12.1. The van der Waals surface area contributed by atoms with Crippen molar-refractivity contribution in [1.29, 1.82) is 0 Å². The number of hydrogen-bond acceptors (Lipinski definition) is 1. The molecule has 2 nitrogen and oxygen atoms in total. The number of benzene rings is 1. The Kier molecular flexibility index (Phi) is 4.18. The molecule has 1 fully saturated rings. The molecular weight excluding hydrogens is 269 g/mol. The average molecular weight is 286 g/mol. The number of halogens is 2. The normalized spacial score (nSPS) is 14.9. The van der Waals surface area contributed by atoms with Gasteiger partial charge in [-0.2, -0.15) is 0 Å². The standard InChI is InChI=1S/C14H17Cl2NO/c1-9(2)8-17(11-4-5-11)14(18)10-3-6-12(15)13(16)7-10/h3,6-7,9,11H,4-5,8H2,1-2H3. The fourth-order valence-corrected chi connectivity index (χ4v) is 2.27. The van der Waals surface area contributed by atoms with Crippen LogP contribution < -0.4 is 0 Å². The van der Waals surface area contributed by atoms with Crippen molar-refractivity contribution in [3.8, 4) is 0 Å². The molecular formula is C14H17Cl2NO. The number of amides is 1. The van der Waals surface area contributed by atoms with Gasteiger partial charge in [0.25, 0.3) is 5.91 Å². The molecule has 2 rings (SSSR count). The third kappa shape index (κ3) is 3.18. The number of rotatable bonds is 4. The molecule has 98 valence electrons. The lowest BCUT2D eigenvalue weighted by molar-refractivity contribution is 0.0722. The molecule has 0 atom stereocenters. The van der Waals surface area contributed by atoms with Gasteiger partial charge in [0.05, 0.1) is 10.0 Å². The second-order valence-electron chi connectivity index (χ2n) is 5.21. The van der Waals surface area contributed by atoms with E-state index < -0.39 is 0 Å². The summed E-state index contributed by atoms with van der Waals surface area (Å²) in [5.74, 6) is 0.530. The highest BCUT2D eigenvalue weighted by Gasteiger charge is 2.33. The minimum absolute atomic E-state index is 0.0600. The average Bonchev–Trinajstić information content (AvgIpc) is 3.12. The van der Waals surface area contributed by atoms with Crippen LogP contribution in [0.5, 0.6) is 0 Å². The lowest BCUT2D eigenvalue weighted by atomic mass is 10.1. The largest absolute Gasteiger partial charge is 0.335 e. The Morgan fingerprint density at radius 1 is 1.33 bits per heavy atom. The Hall–Kier alpha value is -0.730. The molecule has 0 spiro atoms. The molecule has 1 amide bonds. The Morgan fingerprint density at radius 3 is 2.50 bits per heavy atom. The molecule has 0 radical (unpaired) electrons. The first-order valence-corrected chi connectivity index (χ1v) is 7.00. The Labute approximate surface area is 118 Å². The minimum atomic E-state index is 0.0600. The van der Waals surface area contributed by atoms with Gasteiger partial charge in [-0.3, -0.25) is 4.79 Å². The molecule has 0 N–H and O–H groups in total. The molecule has 1 aliphatic rings. The summed E-state index contributed by atoms with van der Waals surface area (Å²) >= 11 is 11.8. The summed E-state index contributed by atoms with van der Waals surface area (Å²) in [6, 6.07) is 5.49. The molecule has 1 aromatic rings. The molecule has 0 unspecified atom stereocenters. The molecule has 0 saturated heterocycles. The Morgan fingerprint density at radius 2 is 2.00 bits per heavy atom. The third-order valence-corrected chi connectivity index (χ3v) is 3.72. The van der Waals surface area contributed by atoms with Gasteiger partial charge in [-0.15, -0.1) is 0 Å². The summed E-state index contributed by atoms with van der Waals surface area (Å²) in [4.78, 5) is 14.4. The first-order valence-electron chi connectivity index (χ1n) is 6.25. The van der Waals surface area contributed by atoms with E-state index in [0.29, 0.717) is 27.6 Å². The molecule has 0 bridgehead atoms. The van der Waals surface area contributed by atoms with Crippen molar-refractivity contribution in [3.05, 3.63) is 33.8 Å². The maximum atomic E-state index is 12.4. The van der Waals surface area contributed by atoms with E-state index >= 15 is 0 Å². The quantitative estimate of drug-likeness (QED) is 0.810. The van der Waals surface area contributed by atoms with Crippen LogP contribution in [0, 0.1) is 5.92 Å². The monoisotopic (exact) mass is 285 g/mol. The number of carbonyl (C=O) groups is 1. The smallest absolute Gasteiger partial charge is 0.254 e. The predicted molar refractivity (Wildman–Crippen MR) is 75.4 cm³/mol. The van der Waals surface area contributed by atoms with Gasteiger partial charge >= 0.3 is 0 Å². The van der Waals surface area contributed by atoms with Gasteiger partial charge < -0.3 is 4.90 Å². The van der Waals surface area contributed by atoms with E-state index in [0.717, 1.165) is 19.4 Å². The second kappa shape index (κ2) is 5.50. The van der Waals surface area contributed by atoms with Crippen molar-refractivity contribution in [3.63, 3.8) is 0 Å². The van der Waals surface area contributed by atoms with Crippen LogP contribution >= 0.6 is 23.2 Å². The van der Waals surface area contributed by atoms with Gasteiger partial charge in [-0.05, 0) is 37.0 Å². The van der Waals surface area contributed by atoms with Crippen LogP contribution in [0.4, 0.5) is 0 Å². The first kappa shape index (κ1) is 13.7. The summed E-state index contributed by atoms with van der Waals surface area (Å²) in [5.41, 5.74) is 0.622. The van der Waals surface area contributed by atoms with Gasteiger partial charge in [0.1, 0.15) is 0 Å². The van der Waals surface area contributed by atoms with Crippen LogP contribution in [-0.4, -0.2) is 23.4 Å². The van der Waals surface area contributed by atoms with Crippen molar-refractivity contribution < 1.29 is 4.79 Å². The van der Waals surface area contributed by atoms with Crippen molar-refractivity contribution >= 4 is 29.1 Å². The molecule has 1 aromatic carbocycles. The summed E-state index contributed by atoms with van der Waals surface area (Å²) < 4.78 is 0. The predicted octanol–water partition coefficient (Wildman–Crippen LogP) is 4.25. The molecule has 1 saturated carbocycles. The summed E-state index contributed by atoms with van der Waals surface area (Å²) in [5, 5.41) is 0.915. The number of nitrogens with zero attached hydrogens (tertiary/aromatic N) is 1. The van der Waals surface area contributed by atoms with Crippen LogP contribution in [0.25, 0.3) is 0 Å². The van der Waals surface area contributed by atoms with Crippen molar-refractivity contribution in [1.82, 2.24) is 4.90 Å². The van der Waals surface area contributed by atoms with E-state index in [1.54, 1.807) is 18.2 Å². The number of carbonyl (C=O) groups excluding carboxylic acids is 1. The molecule has 0 aliphatic heterocycles. The third-order valence-electron chi connectivity index (χ3n) is 2.98. The van der Waals surface area contributed by atoms with E-state index in [1.807, 2.05) is 4.90 Å². The zero-order chi connectivity index (χ0) is 13.3. The van der Waals surface area contributed by atoms with Gasteiger partial charge in [0.2, 0.25) is 0 Å². The lowest BCUT2D eigenvalue weighted by Crippen LogP contribution is -2.36. The SMILES string of the molecule is CC(C)CN(C(=O)c1ccc(Cl)c(Cl)c1)C1CC1. The van der Waals surface area contributed by atoms with Crippen molar-refractivity contribution in [2.45, 2.75) is 32.7 Å². The highest BCUT2D eigenvalue weighted by molar-refractivity contribution is 6.42. The summed E-state index contributed by atoms with van der Waals surface area (Å²) in [6.07, 6.45) is 2.22. The number of hydrogen-bond donors (Lipinski definition) is 0.